The second-order valence-corrected chi connectivity index (χ2v) is 2.05. The topological polar surface area (TPSA) is 0 Å². The van der Waals surface area contributed by atoms with Gasteiger partial charge in [0, 0.05) is 0 Å². The van der Waals surface area contributed by atoms with E-state index in [2.05, 4.69) is 19.1 Å². The third-order valence-electron chi connectivity index (χ3n) is 1.24. The molecule has 0 bridgehead atoms. The molecule has 0 spiro atoms. The minimum absolute atomic E-state index is 1.16. The van der Waals surface area contributed by atoms with Gasteiger partial charge in [-0.15, -0.1) is 6.42 Å². The van der Waals surface area contributed by atoms with Crippen LogP contribution >= 0.6 is 0 Å². The first-order chi connectivity index (χ1) is 3.39. The molecular formula is C7H10-2. The maximum absolute atomic E-state index is 3.17. The first kappa shape index (κ1) is 4.76. The molecule has 0 aromatic rings. The molecule has 0 aromatic carbocycles. The van der Waals surface area contributed by atoms with Crippen LogP contribution in [0.4, 0.5) is 0 Å². The molecule has 0 atom stereocenters. The van der Waals surface area contributed by atoms with Gasteiger partial charge in [0.1, 0.15) is 0 Å². The fraction of sp³-hybridized carbons (Fsp3) is 0.571. The maximum atomic E-state index is 3.17. The zero-order valence-corrected chi connectivity index (χ0v) is 4.70. The standard InChI is InChI=1S/C7H10/c1-7-5-3-2-4-6-7/h6H,2-3,5H2,1H3/q-2. The van der Waals surface area contributed by atoms with Crippen molar-refractivity contribution < 1.29 is 0 Å². The molecule has 0 radical (unpaired) electrons. The highest BCUT2D eigenvalue weighted by molar-refractivity contribution is 5.06. The van der Waals surface area contributed by atoms with E-state index in [1.165, 1.54) is 18.8 Å². The number of hydrogen-bond donors (Lipinski definition) is 0. The van der Waals surface area contributed by atoms with E-state index >= 15 is 0 Å². The minimum atomic E-state index is 1.16. The fourth-order valence-corrected chi connectivity index (χ4v) is 0.788. The molecule has 0 saturated carbocycles. The van der Waals surface area contributed by atoms with Crippen LogP contribution in [0.25, 0.3) is 0 Å². The number of rotatable bonds is 0. The number of allylic oxidation sites excluding steroid dienone is 2. The third kappa shape index (κ3) is 1.26. The molecule has 1 aliphatic carbocycles. The predicted molar refractivity (Wildman–Crippen MR) is 30.6 cm³/mol. The lowest BCUT2D eigenvalue weighted by Crippen LogP contribution is -1.91. The average molecular weight is 94.2 g/mol. The largest absolute Gasteiger partial charge is 0.531 e. The van der Waals surface area contributed by atoms with Crippen LogP contribution in [0.5, 0.6) is 0 Å². The molecular weight excluding hydrogens is 84.1 g/mol. The summed E-state index contributed by atoms with van der Waals surface area (Å²) in [5.41, 5.74) is 0. The van der Waals surface area contributed by atoms with E-state index in [9.17, 15) is 0 Å². The Hall–Kier alpha value is -0.390. The first-order valence-corrected chi connectivity index (χ1v) is 2.78. The summed E-state index contributed by atoms with van der Waals surface area (Å²) in [6.07, 6.45) is 9.03. The van der Waals surface area contributed by atoms with Gasteiger partial charge in [0.25, 0.3) is 0 Å². The first-order valence-electron chi connectivity index (χ1n) is 2.78. The summed E-state index contributed by atoms with van der Waals surface area (Å²) < 4.78 is 0. The van der Waals surface area contributed by atoms with Crippen LogP contribution in [0.3, 0.4) is 0 Å². The van der Waals surface area contributed by atoms with Crippen LogP contribution in [0, 0.1) is 12.0 Å². The zero-order valence-electron chi connectivity index (χ0n) is 4.70. The monoisotopic (exact) mass is 94.1 g/mol. The third-order valence-corrected chi connectivity index (χ3v) is 1.24. The molecule has 7 heavy (non-hydrogen) atoms. The number of hydrogen-bond acceptors (Lipinski definition) is 0. The Morgan fingerprint density at radius 3 is 2.86 bits per heavy atom. The highest BCUT2D eigenvalue weighted by Gasteiger charge is 1.77. The average Bonchev–Trinajstić information content (AvgIpc) is 1.69. The van der Waals surface area contributed by atoms with Gasteiger partial charge < -0.3 is 18.1 Å². The molecule has 0 saturated heterocycles. The Balaban J connectivity index is 2.36. The Kier molecular flexibility index (Phi) is 1.40. The summed E-state index contributed by atoms with van der Waals surface area (Å²) in [5, 5.41) is 0. The molecule has 0 heterocycles. The van der Waals surface area contributed by atoms with E-state index in [1.807, 2.05) is 0 Å². The van der Waals surface area contributed by atoms with E-state index in [0.717, 1.165) is 6.42 Å². The SMILES string of the molecule is C[C-]1C=[C-]CCC1. The van der Waals surface area contributed by atoms with Gasteiger partial charge in [-0.2, -0.15) is 19.8 Å². The van der Waals surface area contributed by atoms with Crippen molar-refractivity contribution in [3.8, 4) is 0 Å². The molecule has 0 fully saturated rings. The molecule has 0 nitrogen and oxygen atoms in total. The lowest BCUT2D eigenvalue weighted by atomic mass is 9.98. The summed E-state index contributed by atoms with van der Waals surface area (Å²) in [5.74, 6) is 1.48. The summed E-state index contributed by atoms with van der Waals surface area (Å²) in [6, 6.07) is 0. The fourth-order valence-electron chi connectivity index (χ4n) is 0.788. The summed E-state index contributed by atoms with van der Waals surface area (Å²) >= 11 is 0. The minimum Gasteiger partial charge on any atom is -0.531 e. The van der Waals surface area contributed by atoms with Crippen molar-refractivity contribution in [2.24, 2.45) is 0 Å². The second-order valence-electron chi connectivity index (χ2n) is 2.05. The molecule has 0 N–H and O–H groups in total. The normalized spacial score (nSPS) is 20.4. The molecule has 1 aliphatic rings. The van der Waals surface area contributed by atoms with Gasteiger partial charge >= 0.3 is 0 Å². The molecule has 40 valence electrons. The van der Waals surface area contributed by atoms with Crippen molar-refractivity contribution in [2.45, 2.75) is 26.2 Å². The van der Waals surface area contributed by atoms with E-state index < -0.39 is 0 Å². The smallest absolute Gasteiger partial charge is 0.105 e. The van der Waals surface area contributed by atoms with Crippen LogP contribution < -0.4 is 0 Å². The Bertz CT molecular complexity index is 72.1. The van der Waals surface area contributed by atoms with Gasteiger partial charge in [0.15, 0.2) is 0 Å². The van der Waals surface area contributed by atoms with Gasteiger partial charge in [-0.05, 0) is 0 Å². The van der Waals surface area contributed by atoms with Crippen LogP contribution in [0.2, 0.25) is 0 Å². The lowest BCUT2D eigenvalue weighted by molar-refractivity contribution is 0.744. The highest BCUT2D eigenvalue weighted by Crippen LogP contribution is 2.16. The molecule has 0 aromatic heterocycles. The molecule has 0 heteroatoms. The summed E-state index contributed by atoms with van der Waals surface area (Å²) in [4.78, 5) is 0. The highest BCUT2D eigenvalue weighted by atomic mass is 14.0. The quantitative estimate of drug-likeness (QED) is 0.403. The Labute approximate surface area is 45.2 Å². The van der Waals surface area contributed by atoms with Crippen molar-refractivity contribution in [1.29, 1.82) is 0 Å². The Morgan fingerprint density at radius 1 is 1.71 bits per heavy atom. The zero-order chi connectivity index (χ0) is 5.11. The van der Waals surface area contributed by atoms with Crippen molar-refractivity contribution in [3.05, 3.63) is 18.1 Å². The van der Waals surface area contributed by atoms with E-state index in [-0.39, 0.29) is 0 Å². The van der Waals surface area contributed by atoms with Gasteiger partial charge in [-0.1, -0.05) is 0 Å². The van der Waals surface area contributed by atoms with Crippen LogP contribution in [0.15, 0.2) is 6.08 Å². The predicted octanol–water partition coefficient (Wildman–Crippen LogP) is 2.12. The van der Waals surface area contributed by atoms with Crippen molar-refractivity contribution >= 4 is 0 Å². The van der Waals surface area contributed by atoms with Crippen LogP contribution in [-0.4, -0.2) is 0 Å². The van der Waals surface area contributed by atoms with E-state index in [0.29, 0.717) is 0 Å². The lowest BCUT2D eigenvalue weighted by Gasteiger charge is -2.33. The van der Waals surface area contributed by atoms with Gasteiger partial charge in [0.2, 0.25) is 0 Å². The van der Waals surface area contributed by atoms with Gasteiger partial charge in [-0.25, -0.2) is 0 Å². The van der Waals surface area contributed by atoms with E-state index in [1.54, 1.807) is 0 Å². The Morgan fingerprint density at radius 2 is 2.57 bits per heavy atom. The van der Waals surface area contributed by atoms with Crippen LogP contribution in [0.1, 0.15) is 26.2 Å². The van der Waals surface area contributed by atoms with Crippen molar-refractivity contribution in [3.63, 3.8) is 0 Å². The van der Waals surface area contributed by atoms with Crippen molar-refractivity contribution in [1.82, 2.24) is 0 Å². The molecule has 0 unspecified atom stereocenters. The maximum Gasteiger partial charge on any atom is -0.105 e. The second kappa shape index (κ2) is 2.06. The molecule has 0 amide bonds. The molecule has 0 aliphatic heterocycles. The van der Waals surface area contributed by atoms with Crippen LogP contribution in [-0.2, 0) is 0 Å². The summed E-state index contributed by atoms with van der Waals surface area (Å²) in [7, 11) is 0. The van der Waals surface area contributed by atoms with E-state index in [4.69, 9.17) is 0 Å². The molecule has 1 rings (SSSR count). The summed E-state index contributed by atoms with van der Waals surface area (Å²) in [6.45, 7) is 2.16. The van der Waals surface area contributed by atoms with Crippen molar-refractivity contribution in [2.75, 3.05) is 0 Å². The van der Waals surface area contributed by atoms with Gasteiger partial charge in [0.05, 0.1) is 0 Å². The van der Waals surface area contributed by atoms with Gasteiger partial charge in [-0.3, -0.25) is 0 Å².